The number of alkyl halides is 6. The summed E-state index contributed by atoms with van der Waals surface area (Å²) < 4.78 is 83.7. The van der Waals surface area contributed by atoms with Gasteiger partial charge in [-0.1, -0.05) is 20.8 Å². The van der Waals surface area contributed by atoms with Gasteiger partial charge in [-0.05, 0) is 5.41 Å². The van der Waals surface area contributed by atoms with Crippen molar-refractivity contribution >= 4 is 11.9 Å². The average molecular weight is 380 g/mol. The first-order chi connectivity index (χ1) is 11.1. The first-order valence-corrected chi connectivity index (χ1v) is 7.13. The van der Waals surface area contributed by atoms with Crippen LogP contribution in [0, 0.1) is 5.41 Å². The third-order valence-electron chi connectivity index (χ3n) is 3.02. The minimum Gasteiger partial charge on any atom is -0.400 e. The molecule has 1 heterocycles. The van der Waals surface area contributed by atoms with E-state index in [0.717, 1.165) is 4.90 Å². The zero-order chi connectivity index (χ0) is 19.7. The zero-order valence-electron chi connectivity index (χ0n) is 13.7. The zero-order valence-corrected chi connectivity index (χ0v) is 13.7. The Morgan fingerprint density at radius 2 is 1.44 bits per heavy atom. The average Bonchev–Trinajstić information content (AvgIpc) is 2.37. The summed E-state index contributed by atoms with van der Waals surface area (Å²) in [5.74, 6) is -8.37. The van der Waals surface area contributed by atoms with Gasteiger partial charge < -0.3 is 14.8 Å². The molecular weight excluding hydrogens is 362 g/mol. The first kappa shape index (κ1) is 21.5. The van der Waals surface area contributed by atoms with Crippen LogP contribution in [-0.4, -0.2) is 61.3 Å². The van der Waals surface area contributed by atoms with Crippen LogP contribution in [0.3, 0.4) is 0 Å². The number of nitrogens with zero attached hydrogens (tertiary/aromatic N) is 1. The van der Waals surface area contributed by atoms with Crippen LogP contribution in [-0.2, 0) is 19.1 Å². The van der Waals surface area contributed by atoms with E-state index in [9.17, 15) is 35.9 Å². The summed E-state index contributed by atoms with van der Waals surface area (Å²) in [6.07, 6.45) is -10.9. The molecule has 0 aliphatic carbocycles. The van der Waals surface area contributed by atoms with E-state index in [-0.39, 0.29) is 19.6 Å². The highest BCUT2D eigenvalue weighted by atomic mass is 19.4. The van der Waals surface area contributed by atoms with Crippen molar-refractivity contribution in [2.45, 2.75) is 39.0 Å². The van der Waals surface area contributed by atoms with Gasteiger partial charge in [0.2, 0.25) is 0 Å². The van der Waals surface area contributed by atoms with E-state index in [4.69, 9.17) is 0 Å². The maximum Gasteiger partial charge on any atom is 0.491 e. The van der Waals surface area contributed by atoms with Crippen LogP contribution in [0.2, 0.25) is 0 Å². The van der Waals surface area contributed by atoms with Gasteiger partial charge in [-0.25, -0.2) is 14.5 Å². The van der Waals surface area contributed by atoms with Gasteiger partial charge in [-0.3, -0.25) is 0 Å². The van der Waals surface area contributed by atoms with Gasteiger partial charge in [0.25, 0.3) is 0 Å². The van der Waals surface area contributed by atoms with E-state index in [1.54, 1.807) is 20.8 Å². The van der Waals surface area contributed by atoms with Crippen molar-refractivity contribution in [1.82, 2.24) is 10.2 Å². The summed E-state index contributed by atoms with van der Waals surface area (Å²) in [5.41, 5.74) is -0.599. The molecule has 0 atom stereocenters. The van der Waals surface area contributed by atoms with Crippen molar-refractivity contribution in [1.29, 1.82) is 0 Å². The number of hydrogen-bond acceptors (Lipinski definition) is 6. The predicted molar refractivity (Wildman–Crippen MR) is 70.9 cm³/mol. The van der Waals surface area contributed by atoms with Crippen molar-refractivity contribution < 1.29 is 45.4 Å². The molecule has 146 valence electrons. The molecule has 1 N–H and O–H groups in total. The highest BCUT2D eigenvalue weighted by molar-refractivity contribution is 5.78. The van der Waals surface area contributed by atoms with Gasteiger partial charge in [0, 0.05) is 19.6 Å². The molecule has 0 bridgehead atoms. The molecule has 25 heavy (non-hydrogen) atoms. The third-order valence-corrected chi connectivity index (χ3v) is 3.02. The van der Waals surface area contributed by atoms with E-state index >= 15 is 0 Å². The Labute approximate surface area is 139 Å². The standard InChI is InChI=1S/C13H18F6N2O4/c1-10(2,3)7-21-5-4-20-6-11(21,24-8(22)12(14,15)16)25-9(23)13(17,18)19/h20H,4-7H2,1-3H3. The number of esters is 2. The lowest BCUT2D eigenvalue weighted by Gasteiger charge is -2.46. The van der Waals surface area contributed by atoms with Crippen molar-refractivity contribution in [2.75, 3.05) is 26.2 Å². The number of halogens is 6. The maximum absolute atomic E-state index is 12.5. The summed E-state index contributed by atoms with van der Waals surface area (Å²) >= 11 is 0. The molecule has 0 aromatic rings. The third kappa shape index (κ3) is 6.03. The van der Waals surface area contributed by atoms with Gasteiger partial charge >= 0.3 is 30.2 Å². The van der Waals surface area contributed by atoms with Crippen LogP contribution in [0.15, 0.2) is 0 Å². The number of carbonyl (C=O) groups excluding carboxylic acids is 2. The van der Waals surface area contributed by atoms with Crippen LogP contribution in [0.4, 0.5) is 26.3 Å². The topological polar surface area (TPSA) is 67.9 Å². The summed E-state index contributed by atoms with van der Waals surface area (Å²) in [6.45, 7) is 4.24. The molecule has 1 rings (SSSR count). The van der Waals surface area contributed by atoms with Crippen LogP contribution >= 0.6 is 0 Å². The van der Waals surface area contributed by atoms with E-state index in [0.29, 0.717) is 0 Å². The molecule has 12 heteroatoms. The van der Waals surface area contributed by atoms with E-state index < -0.39 is 42.2 Å². The van der Waals surface area contributed by atoms with Gasteiger partial charge in [0.1, 0.15) is 0 Å². The van der Waals surface area contributed by atoms with Crippen molar-refractivity contribution in [3.05, 3.63) is 0 Å². The molecule has 0 aromatic heterocycles. The Hall–Kier alpha value is -1.56. The summed E-state index contributed by atoms with van der Waals surface area (Å²) in [7, 11) is 0. The molecule has 1 aliphatic rings. The molecule has 0 saturated carbocycles. The van der Waals surface area contributed by atoms with Crippen LogP contribution in [0.5, 0.6) is 0 Å². The minimum absolute atomic E-state index is 0.0923. The second kappa shape index (κ2) is 6.98. The number of hydrogen-bond donors (Lipinski definition) is 1. The maximum atomic E-state index is 12.5. The molecule has 0 unspecified atom stereocenters. The van der Waals surface area contributed by atoms with Gasteiger partial charge in [-0.15, -0.1) is 0 Å². The Bertz CT molecular complexity index is 484. The fourth-order valence-corrected chi connectivity index (χ4v) is 2.14. The molecule has 0 spiro atoms. The van der Waals surface area contributed by atoms with Crippen LogP contribution in [0.1, 0.15) is 20.8 Å². The monoisotopic (exact) mass is 380 g/mol. The van der Waals surface area contributed by atoms with E-state index in [1.165, 1.54) is 0 Å². The quantitative estimate of drug-likeness (QED) is 0.458. The number of ether oxygens (including phenoxy) is 2. The lowest BCUT2D eigenvalue weighted by Crippen LogP contribution is -2.67. The minimum atomic E-state index is -5.47. The molecule has 0 amide bonds. The summed E-state index contributed by atoms with van der Waals surface area (Å²) in [4.78, 5) is 23.4. The van der Waals surface area contributed by atoms with Crippen molar-refractivity contribution in [3.63, 3.8) is 0 Å². The Morgan fingerprint density at radius 3 is 1.80 bits per heavy atom. The SMILES string of the molecule is CC(C)(C)CN1CCNCC1(OC(=O)C(F)(F)F)OC(=O)C(F)(F)F. The summed E-state index contributed by atoms with van der Waals surface area (Å²) in [5, 5.41) is 2.47. The second-order valence-electron chi connectivity index (χ2n) is 6.65. The molecule has 0 radical (unpaired) electrons. The van der Waals surface area contributed by atoms with E-state index in [2.05, 4.69) is 14.8 Å². The van der Waals surface area contributed by atoms with Crippen molar-refractivity contribution in [3.8, 4) is 0 Å². The molecule has 1 saturated heterocycles. The lowest BCUT2D eigenvalue weighted by molar-refractivity contribution is -0.322. The summed E-state index contributed by atoms with van der Waals surface area (Å²) in [6, 6.07) is 0. The number of nitrogens with one attached hydrogen (secondary N) is 1. The highest BCUT2D eigenvalue weighted by Crippen LogP contribution is 2.32. The molecular formula is C13H18F6N2O4. The Morgan fingerprint density at radius 1 is 1.00 bits per heavy atom. The fraction of sp³-hybridized carbons (Fsp3) is 0.846. The molecule has 1 aliphatic heterocycles. The number of carbonyl (C=O) groups is 2. The van der Waals surface area contributed by atoms with Gasteiger partial charge in [0.15, 0.2) is 0 Å². The Kier molecular flexibility index (Phi) is 6.00. The predicted octanol–water partition coefficient (Wildman–Crippen LogP) is 1.80. The fourth-order valence-electron chi connectivity index (χ4n) is 2.14. The number of piperazine rings is 1. The molecule has 1 fully saturated rings. The van der Waals surface area contributed by atoms with Crippen LogP contribution < -0.4 is 5.32 Å². The molecule has 6 nitrogen and oxygen atoms in total. The van der Waals surface area contributed by atoms with E-state index in [1.807, 2.05) is 0 Å². The normalized spacial score (nSPS) is 19.4. The smallest absolute Gasteiger partial charge is 0.400 e. The number of rotatable bonds is 3. The highest BCUT2D eigenvalue weighted by Gasteiger charge is 2.56. The second-order valence-corrected chi connectivity index (χ2v) is 6.65. The molecule has 0 aromatic carbocycles. The van der Waals surface area contributed by atoms with Gasteiger partial charge in [0.05, 0.1) is 6.54 Å². The van der Waals surface area contributed by atoms with Crippen LogP contribution in [0.25, 0.3) is 0 Å². The lowest BCUT2D eigenvalue weighted by atomic mass is 9.95. The first-order valence-electron chi connectivity index (χ1n) is 7.13. The van der Waals surface area contributed by atoms with Crippen molar-refractivity contribution in [2.24, 2.45) is 5.41 Å². The van der Waals surface area contributed by atoms with Gasteiger partial charge in [-0.2, -0.15) is 26.3 Å². The largest absolute Gasteiger partial charge is 0.491 e. The Balaban J connectivity index is 3.23.